The van der Waals surface area contributed by atoms with Crippen molar-refractivity contribution in [3.05, 3.63) is 89.7 Å². The van der Waals surface area contributed by atoms with Crippen molar-refractivity contribution >= 4 is 34.8 Å². The molecule has 1 unspecified atom stereocenters. The molecule has 1 fully saturated rings. The first-order chi connectivity index (χ1) is 15.4. The molecule has 3 aromatic rings. The molecule has 1 aliphatic rings. The van der Waals surface area contributed by atoms with Crippen LogP contribution in [0.15, 0.2) is 72.8 Å². The number of carbonyl (C=O) groups is 3. The van der Waals surface area contributed by atoms with Crippen molar-refractivity contribution in [3.8, 4) is 0 Å². The van der Waals surface area contributed by atoms with Gasteiger partial charge in [0.1, 0.15) is 5.82 Å². The fourth-order valence-electron chi connectivity index (χ4n) is 3.68. The summed E-state index contributed by atoms with van der Waals surface area (Å²) in [5, 5.41) is 5.51. The number of carbonyl (C=O) groups excluding carboxylic acids is 3. The van der Waals surface area contributed by atoms with Gasteiger partial charge in [-0.1, -0.05) is 24.3 Å². The predicted octanol–water partition coefficient (Wildman–Crippen LogP) is 4.38. The first kappa shape index (κ1) is 21.2. The summed E-state index contributed by atoms with van der Waals surface area (Å²) in [7, 11) is 0. The zero-order valence-corrected chi connectivity index (χ0v) is 17.5. The van der Waals surface area contributed by atoms with Gasteiger partial charge < -0.3 is 15.5 Å². The number of anilines is 3. The van der Waals surface area contributed by atoms with Crippen LogP contribution < -0.4 is 15.5 Å². The van der Waals surface area contributed by atoms with Gasteiger partial charge in [-0.25, -0.2) is 4.39 Å². The molecular weight excluding hydrogens is 409 g/mol. The Hall–Kier alpha value is -4.00. The second-order valence-electron chi connectivity index (χ2n) is 7.78. The minimum atomic E-state index is -0.574. The molecule has 7 heteroatoms. The Morgan fingerprint density at radius 2 is 1.66 bits per heavy atom. The monoisotopic (exact) mass is 431 g/mol. The fourth-order valence-corrected chi connectivity index (χ4v) is 3.68. The van der Waals surface area contributed by atoms with E-state index in [9.17, 15) is 18.8 Å². The quantitative estimate of drug-likeness (QED) is 0.629. The van der Waals surface area contributed by atoms with E-state index in [1.165, 1.54) is 23.1 Å². The summed E-state index contributed by atoms with van der Waals surface area (Å²) in [5.41, 5.74) is 3.02. The molecule has 0 saturated carbocycles. The molecule has 4 rings (SSSR count). The minimum Gasteiger partial charge on any atom is -0.326 e. The number of nitrogens with one attached hydrogen (secondary N) is 2. The maximum absolute atomic E-state index is 13.4. The fraction of sp³-hybridized carbons (Fsp3) is 0.160. The van der Waals surface area contributed by atoms with Crippen molar-refractivity contribution in [2.24, 2.45) is 5.92 Å². The van der Waals surface area contributed by atoms with E-state index in [2.05, 4.69) is 10.6 Å². The molecule has 32 heavy (non-hydrogen) atoms. The Kier molecular flexibility index (Phi) is 5.98. The minimum absolute atomic E-state index is 0.0425. The number of rotatable bonds is 5. The number of halogens is 1. The lowest BCUT2D eigenvalue weighted by Crippen LogP contribution is -2.28. The highest BCUT2D eigenvalue weighted by atomic mass is 19.1. The standard InChI is InChI=1S/C25H22FN3O3/c1-16-5-2-8-20(11-16)27-24(31)17-6-3-10-22(12-17)29-15-18(13-23(29)30)25(32)28-21-9-4-7-19(26)14-21/h2-12,14,18H,13,15H2,1H3,(H,27,31)(H,28,32). The molecule has 162 valence electrons. The van der Waals surface area contributed by atoms with Crippen LogP contribution in [0, 0.1) is 18.7 Å². The van der Waals surface area contributed by atoms with Gasteiger partial charge in [0.25, 0.3) is 5.91 Å². The molecule has 1 saturated heterocycles. The third kappa shape index (κ3) is 4.83. The number of nitrogens with zero attached hydrogens (tertiary/aromatic N) is 1. The zero-order chi connectivity index (χ0) is 22.7. The summed E-state index contributed by atoms with van der Waals surface area (Å²) in [6, 6.07) is 19.8. The highest BCUT2D eigenvalue weighted by Gasteiger charge is 2.35. The summed E-state index contributed by atoms with van der Waals surface area (Å²) in [5.74, 6) is -1.87. The molecule has 1 atom stereocenters. The van der Waals surface area contributed by atoms with E-state index < -0.39 is 11.7 Å². The third-order valence-electron chi connectivity index (χ3n) is 5.28. The summed E-state index contributed by atoms with van der Waals surface area (Å²) in [6.45, 7) is 2.12. The van der Waals surface area contributed by atoms with E-state index in [-0.39, 0.29) is 30.7 Å². The third-order valence-corrected chi connectivity index (χ3v) is 5.28. The number of hydrogen-bond acceptors (Lipinski definition) is 3. The molecule has 0 spiro atoms. The van der Waals surface area contributed by atoms with Gasteiger partial charge in [0.15, 0.2) is 0 Å². The van der Waals surface area contributed by atoms with E-state index in [0.29, 0.717) is 22.6 Å². The maximum Gasteiger partial charge on any atom is 0.255 e. The second-order valence-corrected chi connectivity index (χ2v) is 7.78. The lowest BCUT2D eigenvalue weighted by Gasteiger charge is -2.18. The van der Waals surface area contributed by atoms with E-state index >= 15 is 0 Å². The maximum atomic E-state index is 13.4. The smallest absolute Gasteiger partial charge is 0.255 e. The van der Waals surface area contributed by atoms with Gasteiger partial charge >= 0.3 is 0 Å². The number of hydrogen-bond donors (Lipinski definition) is 2. The average molecular weight is 431 g/mol. The lowest BCUT2D eigenvalue weighted by atomic mass is 10.1. The van der Waals surface area contributed by atoms with Crippen molar-refractivity contribution < 1.29 is 18.8 Å². The highest BCUT2D eigenvalue weighted by molar-refractivity contribution is 6.07. The Bertz CT molecular complexity index is 1190. The zero-order valence-electron chi connectivity index (χ0n) is 17.5. The van der Waals surface area contributed by atoms with Crippen molar-refractivity contribution in [3.63, 3.8) is 0 Å². The van der Waals surface area contributed by atoms with Crippen LogP contribution in [0.1, 0.15) is 22.3 Å². The molecular formula is C25H22FN3O3. The predicted molar refractivity (Wildman–Crippen MR) is 121 cm³/mol. The van der Waals surface area contributed by atoms with Gasteiger partial charge in [0, 0.05) is 35.6 Å². The first-order valence-corrected chi connectivity index (χ1v) is 10.2. The second kappa shape index (κ2) is 9.01. The Morgan fingerprint density at radius 1 is 0.938 bits per heavy atom. The number of amides is 3. The average Bonchev–Trinajstić information content (AvgIpc) is 3.16. The van der Waals surface area contributed by atoms with Crippen molar-refractivity contribution in [2.45, 2.75) is 13.3 Å². The molecule has 3 aromatic carbocycles. The van der Waals surface area contributed by atoms with Crippen LogP contribution >= 0.6 is 0 Å². The van der Waals surface area contributed by atoms with Crippen LogP contribution in [0.5, 0.6) is 0 Å². The van der Waals surface area contributed by atoms with E-state index in [1.807, 2.05) is 25.1 Å². The van der Waals surface area contributed by atoms with Gasteiger partial charge in [-0.2, -0.15) is 0 Å². The number of aryl methyl sites for hydroxylation is 1. The molecule has 3 amide bonds. The Labute approximate surface area is 185 Å². The van der Waals surface area contributed by atoms with Gasteiger partial charge in [0.05, 0.1) is 5.92 Å². The molecule has 1 heterocycles. The molecule has 0 aliphatic carbocycles. The molecule has 6 nitrogen and oxygen atoms in total. The van der Waals surface area contributed by atoms with Crippen LogP contribution in [0.25, 0.3) is 0 Å². The SMILES string of the molecule is Cc1cccc(NC(=O)c2cccc(N3CC(C(=O)Nc4cccc(F)c4)CC3=O)c2)c1. The van der Waals surface area contributed by atoms with Crippen molar-refractivity contribution in [1.29, 1.82) is 0 Å². The highest BCUT2D eigenvalue weighted by Crippen LogP contribution is 2.27. The number of benzene rings is 3. The lowest BCUT2D eigenvalue weighted by molar-refractivity contribution is -0.122. The van der Waals surface area contributed by atoms with Crippen LogP contribution in [0.2, 0.25) is 0 Å². The van der Waals surface area contributed by atoms with Gasteiger partial charge in [-0.05, 0) is 61.0 Å². The largest absolute Gasteiger partial charge is 0.326 e. The van der Waals surface area contributed by atoms with Gasteiger partial charge in [0.2, 0.25) is 11.8 Å². The van der Waals surface area contributed by atoms with E-state index in [1.54, 1.807) is 36.4 Å². The molecule has 1 aliphatic heterocycles. The summed E-state index contributed by atoms with van der Waals surface area (Å²) >= 11 is 0. The molecule has 2 N–H and O–H groups in total. The molecule has 0 aromatic heterocycles. The summed E-state index contributed by atoms with van der Waals surface area (Å²) in [6.07, 6.45) is 0.0425. The van der Waals surface area contributed by atoms with E-state index in [4.69, 9.17) is 0 Å². The molecule has 0 bridgehead atoms. The topological polar surface area (TPSA) is 78.5 Å². The molecule has 0 radical (unpaired) electrons. The summed E-state index contributed by atoms with van der Waals surface area (Å²) in [4.78, 5) is 39.3. The van der Waals surface area contributed by atoms with Crippen LogP contribution in [0.4, 0.5) is 21.5 Å². The Morgan fingerprint density at radius 3 is 2.41 bits per heavy atom. The van der Waals surface area contributed by atoms with Crippen molar-refractivity contribution in [2.75, 3.05) is 22.1 Å². The van der Waals surface area contributed by atoms with Crippen LogP contribution in [-0.2, 0) is 9.59 Å². The van der Waals surface area contributed by atoms with Gasteiger partial charge in [-0.15, -0.1) is 0 Å². The first-order valence-electron chi connectivity index (χ1n) is 10.2. The van der Waals surface area contributed by atoms with Crippen molar-refractivity contribution in [1.82, 2.24) is 0 Å². The van der Waals surface area contributed by atoms with E-state index in [0.717, 1.165) is 5.56 Å². The summed E-state index contributed by atoms with van der Waals surface area (Å²) < 4.78 is 13.4. The van der Waals surface area contributed by atoms with Crippen LogP contribution in [0.3, 0.4) is 0 Å². The Balaban J connectivity index is 1.45. The van der Waals surface area contributed by atoms with Gasteiger partial charge in [-0.3, -0.25) is 14.4 Å². The van der Waals surface area contributed by atoms with Crippen LogP contribution in [-0.4, -0.2) is 24.3 Å². The normalized spacial score (nSPS) is 15.5.